The largest absolute Gasteiger partial charge is 0.481 e. The molecule has 0 fully saturated rings. The first kappa shape index (κ1) is 12.6. The summed E-state index contributed by atoms with van der Waals surface area (Å²) in [7, 11) is 0. The van der Waals surface area contributed by atoms with Gasteiger partial charge in [0.25, 0.3) is 0 Å². The molecule has 0 aromatic rings. The number of Topliss-reactive ketones (excluding diaryl/α,β-unsaturated/α-hetero) is 1. The van der Waals surface area contributed by atoms with Crippen LogP contribution in [0.5, 0.6) is 0 Å². The van der Waals surface area contributed by atoms with Crippen molar-refractivity contribution in [2.45, 2.75) is 26.4 Å². The number of hydrogen-bond donors (Lipinski definition) is 2. The van der Waals surface area contributed by atoms with Crippen LogP contribution in [0.1, 0.15) is 20.8 Å². The second kappa shape index (κ2) is 4.22. The summed E-state index contributed by atoms with van der Waals surface area (Å²) in [5.74, 6) is -3.27. The van der Waals surface area contributed by atoms with Crippen molar-refractivity contribution in [3.63, 3.8) is 0 Å². The molecule has 2 unspecified atom stereocenters. The van der Waals surface area contributed by atoms with Gasteiger partial charge in [-0.3, -0.25) is 9.59 Å². The molecule has 0 saturated carbocycles. The quantitative estimate of drug-likeness (QED) is 0.754. The number of carboxylic acid groups (broad SMARTS) is 1. The molecule has 4 nitrogen and oxygen atoms in total. The van der Waals surface area contributed by atoms with Gasteiger partial charge in [0.1, 0.15) is 5.92 Å². The number of ketones is 1. The Hall–Kier alpha value is -1.42. The van der Waals surface area contributed by atoms with Crippen LogP contribution in [0.4, 0.5) is 0 Å². The fourth-order valence-electron chi connectivity index (χ4n) is 1.87. The third-order valence-electron chi connectivity index (χ3n) is 2.87. The van der Waals surface area contributed by atoms with E-state index < -0.39 is 29.2 Å². The Morgan fingerprint density at radius 1 is 1.44 bits per heavy atom. The van der Waals surface area contributed by atoms with Crippen LogP contribution in [0.2, 0.25) is 0 Å². The van der Waals surface area contributed by atoms with Gasteiger partial charge in [-0.05, 0) is 12.5 Å². The smallest absolute Gasteiger partial charge is 0.314 e. The predicted octanol–water partition coefficient (Wildman–Crippen LogP) is 1.16. The topological polar surface area (TPSA) is 74.6 Å². The molecule has 0 spiro atoms. The van der Waals surface area contributed by atoms with Crippen LogP contribution in [0.3, 0.4) is 0 Å². The first-order valence-electron chi connectivity index (χ1n) is 5.16. The van der Waals surface area contributed by atoms with Gasteiger partial charge in [0.2, 0.25) is 0 Å². The molecule has 0 radical (unpaired) electrons. The third-order valence-corrected chi connectivity index (χ3v) is 2.87. The Kier molecular flexibility index (Phi) is 3.33. The van der Waals surface area contributed by atoms with Gasteiger partial charge in [-0.25, -0.2) is 0 Å². The molecule has 0 amide bonds. The zero-order valence-corrected chi connectivity index (χ0v) is 9.60. The van der Waals surface area contributed by atoms with Gasteiger partial charge >= 0.3 is 5.97 Å². The van der Waals surface area contributed by atoms with E-state index in [0.29, 0.717) is 5.57 Å². The highest BCUT2D eigenvalue weighted by Crippen LogP contribution is 2.34. The molecule has 0 heterocycles. The van der Waals surface area contributed by atoms with E-state index in [4.69, 9.17) is 5.11 Å². The van der Waals surface area contributed by atoms with E-state index in [1.165, 1.54) is 6.08 Å². The lowest BCUT2D eigenvalue weighted by molar-refractivity contribution is -0.155. The summed E-state index contributed by atoms with van der Waals surface area (Å²) in [5.41, 5.74) is -1.53. The van der Waals surface area contributed by atoms with E-state index in [2.05, 4.69) is 0 Å². The molecule has 16 heavy (non-hydrogen) atoms. The monoisotopic (exact) mass is 224 g/mol. The van der Waals surface area contributed by atoms with Gasteiger partial charge in [0, 0.05) is 5.92 Å². The Labute approximate surface area is 94.3 Å². The van der Waals surface area contributed by atoms with Gasteiger partial charge in [-0.15, -0.1) is 0 Å². The van der Waals surface area contributed by atoms with E-state index in [1.54, 1.807) is 32.9 Å². The number of hydrogen-bond acceptors (Lipinski definition) is 3. The highest BCUT2D eigenvalue weighted by Gasteiger charge is 2.49. The molecule has 0 aromatic heterocycles. The highest BCUT2D eigenvalue weighted by molar-refractivity contribution is 5.97. The summed E-state index contributed by atoms with van der Waals surface area (Å²) in [6, 6.07) is 0. The summed E-state index contributed by atoms with van der Waals surface area (Å²) >= 11 is 0. The van der Waals surface area contributed by atoms with E-state index in [1.807, 2.05) is 0 Å². The Bertz CT molecular complexity index is 378. The van der Waals surface area contributed by atoms with E-state index >= 15 is 0 Å². The van der Waals surface area contributed by atoms with Crippen LogP contribution in [-0.2, 0) is 9.59 Å². The zero-order chi connectivity index (χ0) is 12.5. The lowest BCUT2D eigenvalue weighted by Crippen LogP contribution is -2.52. The summed E-state index contributed by atoms with van der Waals surface area (Å²) in [6.07, 6.45) is 4.46. The molecular weight excluding hydrogens is 208 g/mol. The third kappa shape index (κ3) is 1.80. The van der Waals surface area contributed by atoms with Crippen LogP contribution >= 0.6 is 0 Å². The summed E-state index contributed by atoms with van der Waals surface area (Å²) < 4.78 is 0. The number of carboxylic acids is 1. The maximum Gasteiger partial charge on any atom is 0.314 e. The van der Waals surface area contributed by atoms with Crippen LogP contribution in [0.25, 0.3) is 0 Å². The number of aliphatic hydroxyl groups is 1. The molecule has 0 saturated heterocycles. The number of carbonyl (C=O) groups excluding carboxylic acids is 1. The van der Waals surface area contributed by atoms with Crippen molar-refractivity contribution in [2.24, 2.45) is 11.8 Å². The minimum absolute atomic E-state index is 0.376. The number of rotatable bonds is 3. The van der Waals surface area contributed by atoms with E-state index in [-0.39, 0.29) is 0 Å². The molecule has 88 valence electrons. The Morgan fingerprint density at radius 3 is 2.44 bits per heavy atom. The molecule has 4 heteroatoms. The minimum Gasteiger partial charge on any atom is -0.481 e. The van der Waals surface area contributed by atoms with Gasteiger partial charge < -0.3 is 10.2 Å². The minimum atomic E-state index is -1.91. The second-order valence-corrected chi connectivity index (χ2v) is 4.34. The van der Waals surface area contributed by atoms with Crippen LogP contribution in [-0.4, -0.2) is 27.6 Å². The van der Waals surface area contributed by atoms with E-state index in [0.717, 1.165) is 0 Å². The summed E-state index contributed by atoms with van der Waals surface area (Å²) in [6.45, 7) is 4.86. The predicted molar refractivity (Wildman–Crippen MR) is 58.8 cm³/mol. The van der Waals surface area contributed by atoms with Crippen molar-refractivity contribution in [1.82, 2.24) is 0 Å². The van der Waals surface area contributed by atoms with E-state index in [9.17, 15) is 14.7 Å². The maximum atomic E-state index is 12.0. The molecule has 2 atom stereocenters. The number of allylic oxidation sites excluding steroid dienone is 2. The standard InChI is InChI=1S/C12H16O4/c1-7(2)10(13)12(16)8(3)5-4-6-9(12)11(14)15/h4-7,9,16H,1-3H3,(H,14,15). The SMILES string of the molecule is CC1=CC=CC(C(=O)O)C1(O)C(=O)C(C)C. The van der Waals surface area contributed by atoms with Gasteiger partial charge in [-0.1, -0.05) is 32.1 Å². The average molecular weight is 224 g/mol. The van der Waals surface area contributed by atoms with Crippen molar-refractivity contribution < 1.29 is 19.8 Å². The maximum absolute atomic E-state index is 12.0. The van der Waals surface area contributed by atoms with Crippen molar-refractivity contribution in [3.05, 3.63) is 23.8 Å². The molecule has 0 aromatic carbocycles. The second-order valence-electron chi connectivity index (χ2n) is 4.34. The number of aliphatic carboxylic acids is 1. The van der Waals surface area contributed by atoms with Crippen molar-refractivity contribution >= 4 is 11.8 Å². The molecular formula is C12H16O4. The lowest BCUT2D eigenvalue weighted by Gasteiger charge is -2.34. The molecule has 1 aliphatic rings. The fraction of sp³-hybridized carbons (Fsp3) is 0.500. The van der Waals surface area contributed by atoms with Gasteiger partial charge in [0.15, 0.2) is 11.4 Å². The molecule has 2 N–H and O–H groups in total. The fourth-order valence-corrected chi connectivity index (χ4v) is 1.87. The van der Waals surface area contributed by atoms with Gasteiger partial charge in [0.05, 0.1) is 0 Å². The van der Waals surface area contributed by atoms with Gasteiger partial charge in [-0.2, -0.15) is 0 Å². The van der Waals surface area contributed by atoms with Crippen LogP contribution in [0, 0.1) is 11.8 Å². The lowest BCUT2D eigenvalue weighted by atomic mass is 9.72. The van der Waals surface area contributed by atoms with Crippen molar-refractivity contribution in [3.8, 4) is 0 Å². The highest BCUT2D eigenvalue weighted by atomic mass is 16.4. The summed E-state index contributed by atoms with van der Waals surface area (Å²) in [5, 5.41) is 19.4. The first-order valence-corrected chi connectivity index (χ1v) is 5.16. The zero-order valence-electron chi connectivity index (χ0n) is 9.60. The van der Waals surface area contributed by atoms with Crippen molar-refractivity contribution in [1.29, 1.82) is 0 Å². The van der Waals surface area contributed by atoms with Crippen LogP contribution in [0.15, 0.2) is 23.8 Å². The van der Waals surface area contributed by atoms with Crippen molar-refractivity contribution in [2.75, 3.05) is 0 Å². The molecule has 0 aliphatic heterocycles. The molecule has 0 bridgehead atoms. The van der Waals surface area contributed by atoms with Crippen LogP contribution < -0.4 is 0 Å². The molecule has 1 aliphatic carbocycles. The average Bonchev–Trinajstić information content (AvgIpc) is 2.20. The number of carbonyl (C=O) groups is 2. The first-order chi connectivity index (χ1) is 7.31. The normalized spacial score (nSPS) is 29.1. The molecule has 1 rings (SSSR count). The Morgan fingerprint density at radius 2 is 2.00 bits per heavy atom. The Balaban J connectivity index is 3.24. The summed E-state index contributed by atoms with van der Waals surface area (Å²) in [4.78, 5) is 23.0.